The molecule has 108 valence electrons. The van der Waals surface area contributed by atoms with Crippen LogP contribution in [0.1, 0.15) is 23.1 Å². The monoisotopic (exact) mass is 281 g/mol. The quantitative estimate of drug-likeness (QED) is 0.796. The lowest BCUT2D eigenvalue weighted by Gasteiger charge is -2.18. The molecule has 0 saturated heterocycles. The molecule has 1 aromatic carbocycles. The van der Waals surface area contributed by atoms with Crippen molar-refractivity contribution in [3.63, 3.8) is 0 Å². The molecule has 21 heavy (non-hydrogen) atoms. The van der Waals surface area contributed by atoms with Crippen LogP contribution in [0.3, 0.4) is 0 Å². The molecule has 2 aromatic heterocycles. The Labute approximate surface area is 124 Å². The molecule has 0 amide bonds. The summed E-state index contributed by atoms with van der Waals surface area (Å²) in [4.78, 5) is 8.93. The maximum absolute atomic E-state index is 4.61. The van der Waals surface area contributed by atoms with Crippen molar-refractivity contribution in [2.75, 3.05) is 7.05 Å². The highest BCUT2D eigenvalue weighted by Crippen LogP contribution is 2.26. The summed E-state index contributed by atoms with van der Waals surface area (Å²) in [6.45, 7) is 2.03. The lowest BCUT2D eigenvalue weighted by molar-refractivity contribution is 0.556. The summed E-state index contributed by atoms with van der Waals surface area (Å²) in [5.74, 6) is 0.966. The Morgan fingerprint density at radius 1 is 1.29 bits per heavy atom. The fraction of sp³-hybridized carbons (Fsp3) is 0.312. The number of hydrogen-bond donors (Lipinski definition) is 1. The first-order chi connectivity index (χ1) is 10.2. The first kappa shape index (κ1) is 13.7. The Balaban J connectivity index is 2.06. The number of nitrogens with zero attached hydrogens (tertiary/aromatic N) is 4. The van der Waals surface area contributed by atoms with Crippen LogP contribution in [0.5, 0.6) is 0 Å². The van der Waals surface area contributed by atoms with Crippen LogP contribution in [0.2, 0.25) is 0 Å². The summed E-state index contributed by atoms with van der Waals surface area (Å²) in [6, 6.07) is 10.6. The molecule has 0 bridgehead atoms. The van der Waals surface area contributed by atoms with Gasteiger partial charge in [-0.3, -0.25) is 9.67 Å². The molecule has 1 atom stereocenters. The third kappa shape index (κ3) is 2.64. The topological polar surface area (TPSA) is 55.6 Å². The van der Waals surface area contributed by atoms with Gasteiger partial charge in [0.25, 0.3) is 0 Å². The molecule has 0 radical (unpaired) electrons. The van der Waals surface area contributed by atoms with Crippen LogP contribution in [0.15, 0.2) is 36.7 Å². The van der Waals surface area contributed by atoms with Gasteiger partial charge in [0.1, 0.15) is 12.2 Å². The number of pyridine rings is 1. The van der Waals surface area contributed by atoms with Gasteiger partial charge in [-0.2, -0.15) is 5.10 Å². The summed E-state index contributed by atoms with van der Waals surface area (Å²) >= 11 is 0. The van der Waals surface area contributed by atoms with Gasteiger partial charge in [0.05, 0.1) is 5.52 Å². The van der Waals surface area contributed by atoms with Gasteiger partial charge in [0.2, 0.25) is 0 Å². The zero-order valence-corrected chi connectivity index (χ0v) is 12.5. The Morgan fingerprint density at radius 2 is 2.10 bits per heavy atom. The van der Waals surface area contributed by atoms with E-state index in [0.717, 1.165) is 23.5 Å². The number of aromatic nitrogens is 4. The third-order valence-electron chi connectivity index (χ3n) is 3.79. The van der Waals surface area contributed by atoms with E-state index in [1.54, 1.807) is 6.33 Å². The molecule has 0 aliphatic carbocycles. The van der Waals surface area contributed by atoms with Crippen LogP contribution < -0.4 is 5.32 Å². The van der Waals surface area contributed by atoms with Crippen LogP contribution in [-0.4, -0.2) is 26.8 Å². The third-order valence-corrected chi connectivity index (χ3v) is 3.79. The first-order valence-corrected chi connectivity index (χ1v) is 7.05. The predicted molar refractivity (Wildman–Crippen MR) is 83.0 cm³/mol. The van der Waals surface area contributed by atoms with Crippen molar-refractivity contribution in [1.82, 2.24) is 25.1 Å². The minimum Gasteiger partial charge on any atom is -0.313 e. The summed E-state index contributed by atoms with van der Waals surface area (Å²) in [5.41, 5.74) is 3.32. The van der Waals surface area contributed by atoms with Gasteiger partial charge in [-0.15, -0.1) is 0 Å². The van der Waals surface area contributed by atoms with Crippen molar-refractivity contribution in [1.29, 1.82) is 0 Å². The standard InChI is InChI=1S/C16H19N5/c1-11-8-13(12-6-4-5-7-14(12)20-11)15(17-2)9-16-18-10-19-21(16)3/h4-8,10,15,17H,9H2,1-3H3. The average Bonchev–Trinajstić information content (AvgIpc) is 2.89. The lowest BCUT2D eigenvalue weighted by Crippen LogP contribution is -2.21. The molecule has 3 rings (SSSR count). The van der Waals surface area contributed by atoms with Crippen molar-refractivity contribution in [3.05, 3.63) is 53.7 Å². The minimum absolute atomic E-state index is 0.180. The Kier molecular flexibility index (Phi) is 3.66. The highest BCUT2D eigenvalue weighted by atomic mass is 15.3. The van der Waals surface area contributed by atoms with E-state index in [1.165, 1.54) is 10.9 Å². The van der Waals surface area contributed by atoms with Crippen LogP contribution in [0.25, 0.3) is 10.9 Å². The van der Waals surface area contributed by atoms with Gasteiger partial charge in [0.15, 0.2) is 0 Å². The zero-order valence-electron chi connectivity index (χ0n) is 12.5. The smallest absolute Gasteiger partial charge is 0.138 e. The molecule has 0 aliphatic heterocycles. The molecule has 3 aromatic rings. The molecule has 0 aliphatic rings. The predicted octanol–water partition coefficient (Wildman–Crippen LogP) is 2.17. The Hall–Kier alpha value is -2.27. The van der Waals surface area contributed by atoms with Gasteiger partial charge in [0, 0.05) is 30.6 Å². The number of aryl methyl sites for hydroxylation is 2. The maximum atomic E-state index is 4.61. The second kappa shape index (κ2) is 5.61. The van der Waals surface area contributed by atoms with Crippen LogP contribution >= 0.6 is 0 Å². The molecule has 1 unspecified atom stereocenters. The Morgan fingerprint density at radius 3 is 2.81 bits per heavy atom. The normalized spacial score (nSPS) is 12.7. The van der Waals surface area contributed by atoms with E-state index in [2.05, 4.69) is 44.6 Å². The number of nitrogens with one attached hydrogen (secondary N) is 1. The van der Waals surface area contributed by atoms with Gasteiger partial charge in [-0.25, -0.2) is 4.98 Å². The SMILES string of the molecule is CNC(Cc1ncnn1C)c1cc(C)nc2ccccc12. The fourth-order valence-electron chi connectivity index (χ4n) is 2.68. The van der Waals surface area contributed by atoms with Gasteiger partial charge >= 0.3 is 0 Å². The molecule has 5 nitrogen and oxygen atoms in total. The van der Waals surface area contributed by atoms with Crippen LogP contribution in [0, 0.1) is 6.92 Å². The van der Waals surface area contributed by atoms with Crippen LogP contribution in [0.4, 0.5) is 0 Å². The number of para-hydroxylation sites is 1. The van der Waals surface area contributed by atoms with Gasteiger partial charge < -0.3 is 5.32 Å². The Bertz CT molecular complexity index is 762. The number of benzene rings is 1. The van der Waals surface area contributed by atoms with Gasteiger partial charge in [-0.05, 0) is 31.7 Å². The van der Waals surface area contributed by atoms with E-state index in [4.69, 9.17) is 0 Å². The second-order valence-corrected chi connectivity index (χ2v) is 5.22. The molecule has 5 heteroatoms. The highest BCUT2D eigenvalue weighted by molar-refractivity contribution is 5.82. The van der Waals surface area contributed by atoms with E-state index in [0.29, 0.717) is 0 Å². The van der Waals surface area contributed by atoms with Crippen molar-refractivity contribution in [2.45, 2.75) is 19.4 Å². The molecule has 2 heterocycles. The molecule has 0 saturated carbocycles. The summed E-state index contributed by atoms with van der Waals surface area (Å²) < 4.78 is 1.82. The maximum Gasteiger partial charge on any atom is 0.138 e. The molecular weight excluding hydrogens is 262 g/mol. The van der Waals surface area contributed by atoms with Crippen molar-refractivity contribution in [3.8, 4) is 0 Å². The van der Waals surface area contributed by atoms with Gasteiger partial charge in [-0.1, -0.05) is 18.2 Å². The number of rotatable bonds is 4. The summed E-state index contributed by atoms with van der Waals surface area (Å²) in [6.07, 6.45) is 2.39. The van der Waals surface area contributed by atoms with E-state index < -0.39 is 0 Å². The summed E-state index contributed by atoms with van der Waals surface area (Å²) in [7, 11) is 3.90. The largest absolute Gasteiger partial charge is 0.313 e. The summed E-state index contributed by atoms with van der Waals surface area (Å²) in [5, 5.41) is 8.72. The van der Waals surface area contributed by atoms with Crippen molar-refractivity contribution in [2.24, 2.45) is 7.05 Å². The molecule has 1 N–H and O–H groups in total. The van der Waals surface area contributed by atoms with E-state index in [1.807, 2.05) is 31.8 Å². The van der Waals surface area contributed by atoms with E-state index in [9.17, 15) is 0 Å². The van der Waals surface area contributed by atoms with E-state index in [-0.39, 0.29) is 6.04 Å². The van der Waals surface area contributed by atoms with Crippen molar-refractivity contribution >= 4 is 10.9 Å². The zero-order chi connectivity index (χ0) is 14.8. The number of hydrogen-bond acceptors (Lipinski definition) is 4. The molecular formula is C16H19N5. The van der Waals surface area contributed by atoms with Crippen LogP contribution in [-0.2, 0) is 13.5 Å². The second-order valence-electron chi connectivity index (χ2n) is 5.22. The fourth-order valence-corrected chi connectivity index (χ4v) is 2.68. The minimum atomic E-state index is 0.180. The lowest BCUT2D eigenvalue weighted by atomic mass is 9.98. The van der Waals surface area contributed by atoms with E-state index >= 15 is 0 Å². The molecule has 0 fully saturated rings. The van der Waals surface area contributed by atoms with Crippen molar-refractivity contribution < 1.29 is 0 Å². The molecule has 0 spiro atoms. The first-order valence-electron chi connectivity index (χ1n) is 7.05. The number of fused-ring (bicyclic) bond motifs is 1. The number of likely N-dealkylation sites (N-methyl/N-ethyl adjacent to an activating group) is 1. The average molecular weight is 281 g/mol. The highest BCUT2D eigenvalue weighted by Gasteiger charge is 2.16.